The van der Waals surface area contributed by atoms with Gasteiger partial charge in [-0.05, 0) is 42.0 Å². The van der Waals surface area contributed by atoms with Crippen molar-refractivity contribution in [3.63, 3.8) is 0 Å². The van der Waals surface area contributed by atoms with Crippen molar-refractivity contribution in [2.24, 2.45) is 5.73 Å². The number of hydrogen-bond acceptors (Lipinski definition) is 5. The fraction of sp³-hybridized carbons (Fsp3) is 0.500. The highest BCUT2D eigenvalue weighted by molar-refractivity contribution is 7.99. The van der Waals surface area contributed by atoms with E-state index in [1.807, 2.05) is 11.8 Å². The molecule has 0 spiro atoms. The van der Waals surface area contributed by atoms with Crippen molar-refractivity contribution in [3.05, 3.63) is 23.8 Å². The van der Waals surface area contributed by atoms with Crippen LogP contribution in [0.25, 0.3) is 0 Å². The summed E-state index contributed by atoms with van der Waals surface area (Å²) < 4.78 is 11.2. The summed E-state index contributed by atoms with van der Waals surface area (Å²) in [5.74, 6) is 2.32. The van der Waals surface area contributed by atoms with Crippen molar-refractivity contribution in [1.82, 2.24) is 0 Å². The van der Waals surface area contributed by atoms with Crippen LogP contribution in [0.5, 0.6) is 11.5 Å². The highest BCUT2D eigenvalue weighted by Crippen LogP contribution is 2.32. The third-order valence-corrected chi connectivity index (χ3v) is 4.32. The second kappa shape index (κ2) is 6.85. The summed E-state index contributed by atoms with van der Waals surface area (Å²) in [4.78, 5) is 10.9. The van der Waals surface area contributed by atoms with Gasteiger partial charge in [0.05, 0.1) is 7.11 Å². The molecule has 1 heterocycles. The highest BCUT2D eigenvalue weighted by Gasteiger charge is 2.20. The van der Waals surface area contributed by atoms with Gasteiger partial charge in [-0.3, -0.25) is 4.79 Å². The molecule has 5 nitrogen and oxygen atoms in total. The lowest BCUT2D eigenvalue weighted by molar-refractivity contribution is -0.138. The molecule has 0 saturated carbocycles. The number of benzene rings is 1. The Morgan fingerprint density at radius 1 is 1.40 bits per heavy atom. The summed E-state index contributed by atoms with van der Waals surface area (Å²) in [6.07, 6.45) is 2.23. The minimum atomic E-state index is -1.06. The number of carboxylic acids is 1. The van der Waals surface area contributed by atoms with E-state index in [0.717, 1.165) is 24.3 Å². The van der Waals surface area contributed by atoms with E-state index in [-0.39, 0.29) is 6.10 Å². The SMILES string of the molecule is COc1cc(C(N)C(=O)O)ccc1OC1CCSCC1. The third-order valence-electron chi connectivity index (χ3n) is 3.27. The molecule has 1 aliphatic rings. The molecule has 3 N–H and O–H groups in total. The topological polar surface area (TPSA) is 81.8 Å². The highest BCUT2D eigenvalue weighted by atomic mass is 32.2. The van der Waals surface area contributed by atoms with Crippen molar-refractivity contribution in [2.75, 3.05) is 18.6 Å². The number of carbonyl (C=O) groups is 1. The Morgan fingerprint density at radius 2 is 2.10 bits per heavy atom. The molecule has 1 aromatic rings. The monoisotopic (exact) mass is 297 g/mol. The number of nitrogens with two attached hydrogens (primary N) is 1. The molecule has 1 aromatic carbocycles. The average Bonchev–Trinajstić information content (AvgIpc) is 2.48. The lowest BCUT2D eigenvalue weighted by Gasteiger charge is -2.24. The van der Waals surface area contributed by atoms with Gasteiger partial charge in [0.1, 0.15) is 12.1 Å². The first-order chi connectivity index (χ1) is 9.61. The van der Waals surface area contributed by atoms with Crippen LogP contribution in [0.1, 0.15) is 24.4 Å². The largest absolute Gasteiger partial charge is 0.493 e. The zero-order valence-corrected chi connectivity index (χ0v) is 12.2. The van der Waals surface area contributed by atoms with Crippen LogP contribution in [-0.2, 0) is 4.79 Å². The van der Waals surface area contributed by atoms with Crippen LogP contribution >= 0.6 is 11.8 Å². The number of ether oxygens (including phenoxy) is 2. The summed E-state index contributed by atoms with van der Waals surface area (Å²) in [5.41, 5.74) is 6.10. The molecule has 0 aromatic heterocycles. The van der Waals surface area contributed by atoms with E-state index in [2.05, 4.69) is 0 Å². The molecule has 1 unspecified atom stereocenters. The smallest absolute Gasteiger partial charge is 0.325 e. The summed E-state index contributed by atoms with van der Waals surface area (Å²) in [6, 6.07) is 3.99. The van der Waals surface area contributed by atoms with Crippen LogP contribution in [0.15, 0.2) is 18.2 Å². The van der Waals surface area contributed by atoms with Crippen LogP contribution in [0.2, 0.25) is 0 Å². The van der Waals surface area contributed by atoms with Crippen molar-refractivity contribution >= 4 is 17.7 Å². The van der Waals surface area contributed by atoms with Crippen LogP contribution in [0.4, 0.5) is 0 Å². The average molecular weight is 297 g/mol. The molecule has 2 rings (SSSR count). The van der Waals surface area contributed by atoms with Gasteiger partial charge in [-0.25, -0.2) is 0 Å². The molecular weight excluding hydrogens is 278 g/mol. The first-order valence-electron chi connectivity index (χ1n) is 6.52. The van der Waals surface area contributed by atoms with E-state index in [1.165, 1.54) is 7.11 Å². The Kier molecular flexibility index (Phi) is 5.14. The fourth-order valence-electron chi connectivity index (χ4n) is 2.09. The van der Waals surface area contributed by atoms with Gasteiger partial charge in [-0.1, -0.05) is 6.07 Å². The van der Waals surface area contributed by atoms with Crippen LogP contribution < -0.4 is 15.2 Å². The Bertz CT molecular complexity index is 474. The minimum absolute atomic E-state index is 0.198. The second-order valence-corrected chi connectivity index (χ2v) is 5.88. The molecule has 6 heteroatoms. The predicted molar refractivity (Wildman–Crippen MR) is 78.5 cm³/mol. The number of methoxy groups -OCH3 is 1. The Balaban J connectivity index is 2.14. The quantitative estimate of drug-likeness (QED) is 0.865. The van der Waals surface area contributed by atoms with Gasteiger partial charge in [0.15, 0.2) is 11.5 Å². The Hall–Kier alpha value is -1.40. The van der Waals surface area contributed by atoms with Gasteiger partial charge < -0.3 is 20.3 Å². The van der Waals surface area contributed by atoms with Gasteiger partial charge in [-0.15, -0.1) is 0 Å². The summed E-state index contributed by atoms with van der Waals surface area (Å²) >= 11 is 1.94. The molecule has 1 fully saturated rings. The molecule has 1 aliphatic heterocycles. The Morgan fingerprint density at radius 3 is 2.70 bits per heavy atom. The van der Waals surface area contributed by atoms with Gasteiger partial charge in [0, 0.05) is 0 Å². The third kappa shape index (κ3) is 3.58. The summed E-state index contributed by atoms with van der Waals surface area (Å²) in [5, 5.41) is 8.93. The van der Waals surface area contributed by atoms with E-state index in [9.17, 15) is 4.79 Å². The van der Waals surface area contributed by atoms with Gasteiger partial charge in [0.2, 0.25) is 0 Å². The summed E-state index contributed by atoms with van der Waals surface area (Å²) in [6.45, 7) is 0. The van der Waals surface area contributed by atoms with Gasteiger partial charge in [-0.2, -0.15) is 11.8 Å². The maximum absolute atomic E-state index is 10.9. The van der Waals surface area contributed by atoms with Crippen molar-refractivity contribution in [3.8, 4) is 11.5 Å². The van der Waals surface area contributed by atoms with Crippen LogP contribution in [0.3, 0.4) is 0 Å². The standard InChI is InChI=1S/C14H19NO4S/c1-18-12-8-9(13(15)14(16)17)2-3-11(12)19-10-4-6-20-7-5-10/h2-3,8,10,13H,4-7,15H2,1H3,(H,16,17). The number of thioether (sulfide) groups is 1. The van der Waals surface area contributed by atoms with Crippen molar-refractivity contribution < 1.29 is 19.4 Å². The number of rotatable bonds is 5. The van der Waals surface area contributed by atoms with Crippen molar-refractivity contribution in [2.45, 2.75) is 25.0 Å². The number of aliphatic carboxylic acids is 1. The predicted octanol–water partition coefficient (Wildman–Crippen LogP) is 2.05. The molecule has 0 amide bonds. The lowest BCUT2D eigenvalue weighted by Crippen LogP contribution is -2.23. The molecule has 1 saturated heterocycles. The molecule has 0 bridgehead atoms. The molecule has 20 heavy (non-hydrogen) atoms. The van der Waals surface area contributed by atoms with Crippen LogP contribution in [0, 0.1) is 0 Å². The van der Waals surface area contributed by atoms with Crippen molar-refractivity contribution in [1.29, 1.82) is 0 Å². The zero-order valence-electron chi connectivity index (χ0n) is 11.4. The number of hydrogen-bond donors (Lipinski definition) is 2. The van der Waals surface area contributed by atoms with Gasteiger partial charge >= 0.3 is 5.97 Å². The van der Waals surface area contributed by atoms with E-state index in [0.29, 0.717) is 17.1 Å². The number of carboxylic acid groups (broad SMARTS) is 1. The maximum atomic E-state index is 10.9. The first kappa shape index (κ1) is 15.0. The molecular formula is C14H19NO4S. The fourth-order valence-corrected chi connectivity index (χ4v) is 3.15. The minimum Gasteiger partial charge on any atom is -0.493 e. The lowest BCUT2D eigenvalue weighted by atomic mass is 10.1. The molecule has 1 atom stereocenters. The first-order valence-corrected chi connectivity index (χ1v) is 7.68. The molecule has 0 aliphatic carbocycles. The van der Waals surface area contributed by atoms with E-state index < -0.39 is 12.0 Å². The van der Waals surface area contributed by atoms with Gasteiger partial charge in [0.25, 0.3) is 0 Å². The molecule has 110 valence electrons. The van der Waals surface area contributed by atoms with Crippen LogP contribution in [-0.4, -0.2) is 35.8 Å². The van der Waals surface area contributed by atoms with E-state index in [1.54, 1.807) is 18.2 Å². The second-order valence-electron chi connectivity index (χ2n) is 4.66. The van der Waals surface area contributed by atoms with E-state index in [4.69, 9.17) is 20.3 Å². The zero-order chi connectivity index (χ0) is 14.5. The van der Waals surface area contributed by atoms with E-state index >= 15 is 0 Å². The maximum Gasteiger partial charge on any atom is 0.325 e. The molecule has 0 radical (unpaired) electrons. The Labute approximate surface area is 122 Å². The summed E-state index contributed by atoms with van der Waals surface area (Å²) in [7, 11) is 1.54. The normalized spacial score (nSPS) is 17.5.